The molecule has 6 heteroatoms. The predicted molar refractivity (Wildman–Crippen MR) is 145 cm³/mol. The maximum absolute atomic E-state index is 10.8. The van der Waals surface area contributed by atoms with Gasteiger partial charge in [-0.2, -0.15) is 0 Å². The predicted octanol–water partition coefficient (Wildman–Crippen LogP) is 6.36. The van der Waals surface area contributed by atoms with E-state index in [1.54, 1.807) is 0 Å². The molecule has 1 heterocycles. The van der Waals surface area contributed by atoms with Crippen LogP contribution in [0, 0.1) is 0 Å². The summed E-state index contributed by atoms with van der Waals surface area (Å²) in [6, 6.07) is 31.0. The fourth-order valence-electron chi connectivity index (χ4n) is 4.92. The Kier molecular flexibility index (Phi) is 8.14. The lowest BCUT2D eigenvalue weighted by molar-refractivity contribution is -0.139. The van der Waals surface area contributed by atoms with Crippen LogP contribution in [0.5, 0.6) is 11.5 Å². The second-order valence-electron chi connectivity index (χ2n) is 9.02. The zero-order chi connectivity index (χ0) is 24.2. The third-order valence-electron chi connectivity index (χ3n) is 6.67. The molecule has 0 saturated carbocycles. The van der Waals surface area contributed by atoms with E-state index >= 15 is 0 Å². The molecular formula is C30H30ClNO4. The number of fused-ring (bicyclic) bond motifs is 2. The van der Waals surface area contributed by atoms with Crippen molar-refractivity contribution >= 4 is 29.1 Å². The van der Waals surface area contributed by atoms with Crippen LogP contribution in [0.2, 0.25) is 0 Å². The van der Waals surface area contributed by atoms with Crippen LogP contribution >= 0.6 is 12.4 Å². The first-order chi connectivity index (χ1) is 17.1. The molecule has 1 aliphatic heterocycles. The van der Waals surface area contributed by atoms with E-state index in [2.05, 4.69) is 60.8 Å². The molecule has 4 aromatic rings. The van der Waals surface area contributed by atoms with Crippen LogP contribution in [0.15, 0.2) is 91.0 Å². The van der Waals surface area contributed by atoms with Gasteiger partial charge in [0.1, 0.15) is 17.6 Å². The monoisotopic (exact) mass is 503 g/mol. The molecule has 5 nitrogen and oxygen atoms in total. The quantitative estimate of drug-likeness (QED) is 0.293. The number of halogens is 1. The average molecular weight is 504 g/mol. The summed E-state index contributed by atoms with van der Waals surface area (Å²) in [6.45, 7) is 2.59. The second-order valence-corrected chi connectivity index (χ2v) is 9.02. The summed E-state index contributed by atoms with van der Waals surface area (Å²) >= 11 is 0. The van der Waals surface area contributed by atoms with Gasteiger partial charge < -0.3 is 19.9 Å². The summed E-state index contributed by atoms with van der Waals surface area (Å²) in [5.41, 5.74) is 3.62. The van der Waals surface area contributed by atoms with E-state index in [0.717, 1.165) is 24.3 Å². The van der Waals surface area contributed by atoms with Crippen molar-refractivity contribution in [2.45, 2.75) is 31.4 Å². The van der Waals surface area contributed by atoms with Crippen molar-refractivity contribution < 1.29 is 19.4 Å². The number of carbonyl (C=O) groups is 1. The first-order valence-electron chi connectivity index (χ1n) is 12.0. The minimum atomic E-state index is -0.986. The number of hydrogen-bond donors (Lipinski definition) is 2. The van der Waals surface area contributed by atoms with Gasteiger partial charge in [0.25, 0.3) is 0 Å². The molecule has 0 radical (unpaired) electrons. The molecule has 0 aliphatic carbocycles. The van der Waals surface area contributed by atoms with Gasteiger partial charge in [-0.3, -0.25) is 0 Å². The maximum Gasteiger partial charge on any atom is 0.341 e. The first kappa shape index (κ1) is 25.5. The lowest BCUT2D eigenvalue weighted by Crippen LogP contribution is -2.37. The van der Waals surface area contributed by atoms with E-state index in [9.17, 15) is 4.79 Å². The standard InChI is InChI=1S/C30H29NO4.ClH/c1-20(25-11-6-8-21-7-2-3-9-26(21)25)31-18-24-17-28(27-10-4-5-12-29(27)35-24)22-13-15-23(16-14-22)34-19-30(32)33;/h2-16,20,24,28,31H,17-19H2,1H3,(H,32,33);1H/t20-,24-,28-;/m1./s1. The average Bonchev–Trinajstić information content (AvgIpc) is 2.90. The summed E-state index contributed by atoms with van der Waals surface area (Å²) in [5, 5.41) is 15.1. The Labute approximate surface area is 217 Å². The molecule has 3 atom stereocenters. The SMILES string of the molecule is C[C@@H](NC[C@H]1C[C@H](c2ccc(OCC(=O)O)cc2)c2ccccc2O1)c1cccc2ccccc12.Cl. The number of hydrogen-bond acceptors (Lipinski definition) is 4. The Morgan fingerprint density at radius 2 is 1.72 bits per heavy atom. The van der Waals surface area contributed by atoms with Gasteiger partial charge >= 0.3 is 5.97 Å². The second kappa shape index (κ2) is 11.5. The van der Waals surface area contributed by atoms with E-state index in [1.807, 2.05) is 42.5 Å². The molecule has 186 valence electrons. The topological polar surface area (TPSA) is 67.8 Å². The molecule has 5 rings (SSSR count). The van der Waals surface area contributed by atoms with E-state index in [1.165, 1.54) is 21.9 Å². The smallest absolute Gasteiger partial charge is 0.341 e. The molecule has 4 aromatic carbocycles. The Bertz CT molecular complexity index is 1320. The van der Waals surface area contributed by atoms with Crippen molar-refractivity contribution in [1.29, 1.82) is 0 Å². The lowest BCUT2D eigenvalue weighted by Gasteiger charge is -2.33. The highest BCUT2D eigenvalue weighted by Gasteiger charge is 2.29. The Hall–Kier alpha value is -3.54. The molecule has 2 N–H and O–H groups in total. The Morgan fingerprint density at radius 3 is 2.53 bits per heavy atom. The molecule has 0 bridgehead atoms. The summed E-state index contributed by atoms with van der Waals surface area (Å²) in [5.74, 6) is 0.673. The van der Waals surface area contributed by atoms with Crippen molar-refractivity contribution in [2.75, 3.05) is 13.2 Å². The Morgan fingerprint density at radius 1 is 1.00 bits per heavy atom. The number of ether oxygens (including phenoxy) is 2. The van der Waals surface area contributed by atoms with Crippen molar-refractivity contribution in [3.63, 3.8) is 0 Å². The van der Waals surface area contributed by atoms with Crippen LogP contribution in [-0.4, -0.2) is 30.3 Å². The van der Waals surface area contributed by atoms with Crippen LogP contribution < -0.4 is 14.8 Å². The van der Waals surface area contributed by atoms with Crippen LogP contribution in [0.1, 0.15) is 42.0 Å². The van der Waals surface area contributed by atoms with Crippen molar-refractivity contribution in [1.82, 2.24) is 5.32 Å². The molecule has 0 fully saturated rings. The summed E-state index contributed by atoms with van der Waals surface area (Å²) in [7, 11) is 0. The minimum Gasteiger partial charge on any atom is -0.489 e. The van der Waals surface area contributed by atoms with Gasteiger partial charge in [-0.25, -0.2) is 4.79 Å². The van der Waals surface area contributed by atoms with Crippen LogP contribution in [0.25, 0.3) is 10.8 Å². The molecule has 36 heavy (non-hydrogen) atoms. The number of aliphatic carboxylic acids is 1. The number of nitrogens with one attached hydrogen (secondary N) is 1. The van der Waals surface area contributed by atoms with Crippen LogP contribution in [0.4, 0.5) is 0 Å². The number of carboxylic acids is 1. The summed E-state index contributed by atoms with van der Waals surface area (Å²) in [6.07, 6.45) is 0.872. The molecule has 0 amide bonds. The van der Waals surface area contributed by atoms with Gasteiger partial charge in [-0.1, -0.05) is 72.8 Å². The van der Waals surface area contributed by atoms with Crippen molar-refractivity contribution in [3.05, 3.63) is 108 Å². The summed E-state index contributed by atoms with van der Waals surface area (Å²) in [4.78, 5) is 10.8. The van der Waals surface area contributed by atoms with E-state index in [4.69, 9.17) is 14.6 Å². The summed E-state index contributed by atoms with van der Waals surface area (Å²) < 4.78 is 11.7. The van der Waals surface area contributed by atoms with Gasteiger partial charge in [0, 0.05) is 24.1 Å². The minimum absolute atomic E-state index is 0. The van der Waals surface area contributed by atoms with Gasteiger partial charge in [0.2, 0.25) is 0 Å². The first-order valence-corrected chi connectivity index (χ1v) is 12.0. The normalized spacial score (nSPS) is 17.4. The fourth-order valence-corrected chi connectivity index (χ4v) is 4.92. The number of para-hydroxylation sites is 1. The number of rotatable bonds is 8. The van der Waals surface area contributed by atoms with Crippen molar-refractivity contribution in [2.24, 2.45) is 0 Å². The van der Waals surface area contributed by atoms with Gasteiger partial charge in [0.05, 0.1) is 0 Å². The van der Waals surface area contributed by atoms with Crippen LogP contribution in [-0.2, 0) is 4.79 Å². The third kappa shape index (κ3) is 5.64. The maximum atomic E-state index is 10.8. The van der Waals surface area contributed by atoms with E-state index in [0.29, 0.717) is 5.75 Å². The van der Waals surface area contributed by atoms with E-state index in [-0.39, 0.29) is 37.1 Å². The lowest BCUT2D eigenvalue weighted by atomic mass is 9.84. The highest BCUT2D eigenvalue weighted by molar-refractivity contribution is 5.86. The largest absolute Gasteiger partial charge is 0.489 e. The zero-order valence-corrected chi connectivity index (χ0v) is 20.9. The molecule has 0 spiro atoms. The fraction of sp³-hybridized carbons (Fsp3) is 0.233. The molecule has 0 unspecified atom stereocenters. The van der Waals surface area contributed by atoms with E-state index < -0.39 is 5.97 Å². The molecule has 1 aliphatic rings. The zero-order valence-electron chi connectivity index (χ0n) is 20.1. The highest BCUT2D eigenvalue weighted by atomic mass is 35.5. The highest BCUT2D eigenvalue weighted by Crippen LogP contribution is 2.40. The Balaban J connectivity index is 0.00000304. The third-order valence-corrected chi connectivity index (χ3v) is 6.67. The molecule has 0 saturated heterocycles. The van der Waals surface area contributed by atoms with Gasteiger partial charge in [-0.05, 0) is 53.4 Å². The number of carboxylic acid groups (broad SMARTS) is 1. The van der Waals surface area contributed by atoms with Crippen LogP contribution in [0.3, 0.4) is 0 Å². The van der Waals surface area contributed by atoms with Gasteiger partial charge in [0.15, 0.2) is 6.61 Å². The molecular weight excluding hydrogens is 474 g/mol. The van der Waals surface area contributed by atoms with Crippen molar-refractivity contribution in [3.8, 4) is 11.5 Å². The number of benzene rings is 4. The molecule has 0 aromatic heterocycles. The van der Waals surface area contributed by atoms with Gasteiger partial charge in [-0.15, -0.1) is 12.4 Å².